The normalized spacial score (nSPS) is 20.2. The second-order valence-corrected chi connectivity index (χ2v) is 9.23. The van der Waals surface area contributed by atoms with Crippen LogP contribution < -0.4 is 4.90 Å². The van der Waals surface area contributed by atoms with Crippen LogP contribution in [0.2, 0.25) is 0 Å². The summed E-state index contributed by atoms with van der Waals surface area (Å²) in [7, 11) is 0. The van der Waals surface area contributed by atoms with Crippen molar-refractivity contribution in [3.8, 4) is 0 Å². The van der Waals surface area contributed by atoms with Gasteiger partial charge < -0.3 is 19.6 Å². The molecule has 0 spiro atoms. The van der Waals surface area contributed by atoms with E-state index in [9.17, 15) is 24.4 Å². The van der Waals surface area contributed by atoms with Gasteiger partial charge in [0.05, 0.1) is 22.3 Å². The Balaban J connectivity index is 1.55. The number of nitro benzene ring substituents is 1. The van der Waals surface area contributed by atoms with Gasteiger partial charge in [0.2, 0.25) is 0 Å². The third-order valence-corrected chi connectivity index (χ3v) is 6.02. The van der Waals surface area contributed by atoms with E-state index < -0.39 is 21.9 Å². The summed E-state index contributed by atoms with van der Waals surface area (Å²) in [5.41, 5.74) is -1.31. The number of carbonyl (C=O) groups is 1. The van der Waals surface area contributed by atoms with Gasteiger partial charge >= 0.3 is 6.09 Å². The summed E-state index contributed by atoms with van der Waals surface area (Å²) in [6, 6.07) is 3.70. The monoisotopic (exact) mass is 423 g/mol. The lowest BCUT2D eigenvalue weighted by Crippen LogP contribution is -2.53. The molecule has 2 fully saturated rings. The van der Waals surface area contributed by atoms with Crippen molar-refractivity contribution in [3.05, 3.63) is 34.1 Å². The fourth-order valence-electron chi connectivity index (χ4n) is 4.33. The van der Waals surface area contributed by atoms with Crippen molar-refractivity contribution in [1.29, 1.82) is 0 Å². The predicted molar refractivity (Wildman–Crippen MR) is 110 cm³/mol. The van der Waals surface area contributed by atoms with Crippen LogP contribution in [0.4, 0.5) is 20.6 Å². The van der Waals surface area contributed by atoms with Crippen LogP contribution >= 0.6 is 0 Å². The lowest BCUT2D eigenvalue weighted by molar-refractivity contribution is -0.385. The van der Waals surface area contributed by atoms with Gasteiger partial charge in [-0.05, 0) is 58.4 Å². The molecule has 2 heterocycles. The minimum absolute atomic E-state index is 0.0654. The smallest absolute Gasteiger partial charge is 0.410 e. The van der Waals surface area contributed by atoms with E-state index in [1.807, 2.05) is 25.7 Å². The highest BCUT2D eigenvalue weighted by atomic mass is 19.1. The summed E-state index contributed by atoms with van der Waals surface area (Å²) >= 11 is 0. The molecule has 0 saturated carbocycles. The Morgan fingerprint density at radius 3 is 2.33 bits per heavy atom. The molecule has 8 nitrogen and oxygen atoms in total. The van der Waals surface area contributed by atoms with Crippen molar-refractivity contribution in [2.75, 3.05) is 31.1 Å². The number of halogens is 1. The van der Waals surface area contributed by atoms with Crippen LogP contribution in [-0.4, -0.2) is 58.4 Å². The van der Waals surface area contributed by atoms with E-state index in [1.165, 1.54) is 12.1 Å². The zero-order chi connectivity index (χ0) is 22.1. The second kappa shape index (κ2) is 8.37. The molecule has 1 amide bonds. The summed E-state index contributed by atoms with van der Waals surface area (Å²) < 4.78 is 19.7. The second-order valence-electron chi connectivity index (χ2n) is 9.23. The molecule has 2 saturated heterocycles. The lowest BCUT2D eigenvalue weighted by Gasteiger charge is -2.46. The number of likely N-dealkylation sites (tertiary alicyclic amines) is 1. The van der Waals surface area contributed by atoms with Gasteiger partial charge in [-0.1, -0.05) is 0 Å². The molecular weight excluding hydrogens is 393 g/mol. The molecule has 0 atom stereocenters. The number of piperidine rings is 2. The number of nitrogens with zero attached hydrogens (tertiary/aromatic N) is 3. The Morgan fingerprint density at radius 2 is 1.83 bits per heavy atom. The number of hydrogen-bond acceptors (Lipinski definition) is 6. The average Bonchev–Trinajstić information content (AvgIpc) is 2.67. The van der Waals surface area contributed by atoms with Crippen LogP contribution in [0.1, 0.15) is 46.5 Å². The molecule has 2 aliphatic rings. The standard InChI is InChI=1S/C21H30FN3O5/c1-20(2,3)30-19(26)24-12-8-21(27,9-13-24)15-6-10-23(11-7-15)18-5-4-16(25(28)29)14-17(18)22/h4-5,14-15,27H,6-13H2,1-3H3. The molecule has 1 aromatic rings. The van der Waals surface area contributed by atoms with Crippen LogP contribution in [-0.2, 0) is 4.74 Å². The predicted octanol–water partition coefficient (Wildman–Crippen LogP) is 3.71. The molecule has 3 rings (SSSR count). The van der Waals surface area contributed by atoms with Crippen molar-refractivity contribution >= 4 is 17.5 Å². The number of carbonyl (C=O) groups excluding carboxylic acids is 1. The summed E-state index contributed by atoms with van der Waals surface area (Å²) in [6.45, 7) is 7.51. The van der Waals surface area contributed by atoms with E-state index in [0.29, 0.717) is 57.5 Å². The molecule has 0 aliphatic carbocycles. The fraction of sp³-hybridized carbons (Fsp3) is 0.667. The zero-order valence-corrected chi connectivity index (χ0v) is 17.8. The van der Waals surface area contributed by atoms with Crippen molar-refractivity contribution in [2.24, 2.45) is 5.92 Å². The fourth-order valence-corrected chi connectivity index (χ4v) is 4.33. The van der Waals surface area contributed by atoms with E-state index >= 15 is 0 Å². The molecule has 0 bridgehead atoms. The van der Waals surface area contributed by atoms with Crippen molar-refractivity contribution in [1.82, 2.24) is 4.90 Å². The first-order chi connectivity index (χ1) is 14.0. The summed E-state index contributed by atoms with van der Waals surface area (Å²) in [5.74, 6) is -0.539. The Kier molecular flexibility index (Phi) is 6.21. The van der Waals surface area contributed by atoms with E-state index in [4.69, 9.17) is 4.74 Å². The van der Waals surface area contributed by atoms with Gasteiger partial charge in [-0.2, -0.15) is 0 Å². The number of rotatable bonds is 3. The maximum atomic E-state index is 14.3. The topological polar surface area (TPSA) is 96.2 Å². The number of amides is 1. The van der Waals surface area contributed by atoms with Crippen LogP contribution in [0.3, 0.4) is 0 Å². The Labute approximate surface area is 175 Å². The van der Waals surface area contributed by atoms with E-state index in [1.54, 1.807) is 4.90 Å². The number of non-ortho nitro benzene ring substituents is 1. The van der Waals surface area contributed by atoms with Gasteiger partial charge in [0.25, 0.3) is 5.69 Å². The maximum Gasteiger partial charge on any atom is 0.410 e. The van der Waals surface area contributed by atoms with E-state index in [0.717, 1.165) is 6.07 Å². The first-order valence-electron chi connectivity index (χ1n) is 10.4. The third-order valence-electron chi connectivity index (χ3n) is 6.02. The maximum absolute atomic E-state index is 14.3. The quantitative estimate of drug-likeness (QED) is 0.588. The first-order valence-corrected chi connectivity index (χ1v) is 10.4. The van der Waals surface area contributed by atoms with Crippen LogP contribution in [0.5, 0.6) is 0 Å². The van der Waals surface area contributed by atoms with E-state index in [2.05, 4.69) is 0 Å². The third kappa shape index (κ3) is 5.00. The minimum Gasteiger partial charge on any atom is -0.444 e. The van der Waals surface area contributed by atoms with Gasteiger partial charge in [0, 0.05) is 32.2 Å². The highest BCUT2D eigenvalue weighted by molar-refractivity contribution is 5.68. The average molecular weight is 423 g/mol. The SMILES string of the molecule is CC(C)(C)OC(=O)N1CCC(O)(C2CCN(c3ccc([N+](=O)[O-])cc3F)CC2)CC1. The number of anilines is 1. The van der Waals surface area contributed by atoms with Gasteiger partial charge in [-0.25, -0.2) is 9.18 Å². The molecule has 0 radical (unpaired) electrons. The number of nitro groups is 1. The number of aliphatic hydroxyl groups is 1. The number of hydrogen-bond donors (Lipinski definition) is 1. The Hall–Kier alpha value is -2.42. The molecule has 1 aromatic carbocycles. The van der Waals surface area contributed by atoms with Gasteiger partial charge in [-0.3, -0.25) is 10.1 Å². The van der Waals surface area contributed by atoms with Crippen molar-refractivity contribution < 1.29 is 24.0 Å². The highest BCUT2D eigenvalue weighted by Crippen LogP contribution is 2.38. The molecule has 9 heteroatoms. The van der Waals surface area contributed by atoms with Crippen molar-refractivity contribution in [2.45, 2.75) is 57.7 Å². The molecule has 1 N–H and O–H groups in total. The van der Waals surface area contributed by atoms with Crippen LogP contribution in [0.15, 0.2) is 18.2 Å². The Morgan fingerprint density at radius 1 is 1.23 bits per heavy atom. The molecule has 30 heavy (non-hydrogen) atoms. The van der Waals surface area contributed by atoms with Crippen LogP contribution in [0, 0.1) is 21.8 Å². The number of ether oxygens (including phenoxy) is 1. The molecule has 0 unspecified atom stereocenters. The number of benzene rings is 1. The Bertz CT molecular complexity index is 794. The molecule has 0 aromatic heterocycles. The van der Waals surface area contributed by atoms with E-state index in [-0.39, 0.29) is 17.7 Å². The van der Waals surface area contributed by atoms with Gasteiger partial charge in [0.1, 0.15) is 5.60 Å². The van der Waals surface area contributed by atoms with Gasteiger partial charge in [0.15, 0.2) is 5.82 Å². The van der Waals surface area contributed by atoms with Gasteiger partial charge in [-0.15, -0.1) is 0 Å². The first kappa shape index (κ1) is 22.3. The largest absolute Gasteiger partial charge is 0.444 e. The minimum atomic E-state index is -0.849. The molecule has 2 aliphatic heterocycles. The van der Waals surface area contributed by atoms with Crippen LogP contribution in [0.25, 0.3) is 0 Å². The summed E-state index contributed by atoms with van der Waals surface area (Å²) in [5, 5.41) is 22.0. The van der Waals surface area contributed by atoms with Crippen molar-refractivity contribution in [3.63, 3.8) is 0 Å². The summed E-state index contributed by atoms with van der Waals surface area (Å²) in [4.78, 5) is 25.9. The molecular formula is C21H30FN3O5. The molecule has 166 valence electrons. The zero-order valence-electron chi connectivity index (χ0n) is 17.8. The lowest BCUT2D eigenvalue weighted by atomic mass is 9.74. The summed E-state index contributed by atoms with van der Waals surface area (Å²) in [6.07, 6.45) is 2.01. The highest BCUT2D eigenvalue weighted by Gasteiger charge is 2.42.